The molecular weight excluding hydrogens is 208 g/mol. The van der Waals surface area contributed by atoms with Gasteiger partial charge in [0.05, 0.1) is 0 Å². The van der Waals surface area contributed by atoms with Crippen LogP contribution in [0, 0.1) is 6.92 Å². The summed E-state index contributed by atoms with van der Waals surface area (Å²) in [6, 6.07) is 8.60. The number of anilines is 1. The van der Waals surface area contributed by atoms with Crippen molar-refractivity contribution in [3.8, 4) is 0 Å². The predicted molar refractivity (Wildman–Crippen MR) is 76.7 cm³/mol. The first kappa shape index (κ1) is 14.0. The van der Waals surface area contributed by atoms with Gasteiger partial charge in [-0.25, -0.2) is 0 Å². The van der Waals surface area contributed by atoms with Gasteiger partial charge in [-0.3, -0.25) is 0 Å². The molecular formula is C15H26N2. The van der Waals surface area contributed by atoms with Gasteiger partial charge in [-0.1, -0.05) is 38.0 Å². The van der Waals surface area contributed by atoms with Crippen LogP contribution in [0.1, 0.15) is 32.3 Å². The summed E-state index contributed by atoms with van der Waals surface area (Å²) in [6.45, 7) is 11.1. The average molecular weight is 234 g/mol. The fourth-order valence-corrected chi connectivity index (χ4v) is 1.84. The van der Waals surface area contributed by atoms with Crippen LogP contribution in [-0.4, -0.2) is 31.1 Å². The third-order valence-electron chi connectivity index (χ3n) is 3.08. The first-order valence-corrected chi connectivity index (χ1v) is 6.79. The molecule has 0 heterocycles. The Morgan fingerprint density at radius 1 is 1.06 bits per heavy atom. The molecule has 0 atom stereocenters. The van der Waals surface area contributed by atoms with E-state index in [0.29, 0.717) is 0 Å². The number of hydrogen-bond donors (Lipinski definition) is 1. The lowest BCUT2D eigenvalue weighted by atomic mass is 10.2. The van der Waals surface area contributed by atoms with Crippen molar-refractivity contribution in [3.05, 3.63) is 29.8 Å². The fourth-order valence-electron chi connectivity index (χ4n) is 1.84. The summed E-state index contributed by atoms with van der Waals surface area (Å²) in [5, 5.41) is 3.47. The summed E-state index contributed by atoms with van der Waals surface area (Å²) in [5.74, 6) is 0. The molecule has 96 valence electrons. The van der Waals surface area contributed by atoms with Crippen LogP contribution in [-0.2, 0) is 0 Å². The summed E-state index contributed by atoms with van der Waals surface area (Å²) < 4.78 is 0. The predicted octanol–water partition coefficient (Wildman–Crippen LogP) is 3.53. The molecule has 17 heavy (non-hydrogen) atoms. The van der Waals surface area contributed by atoms with Gasteiger partial charge in [0, 0.05) is 18.8 Å². The second kappa shape index (κ2) is 8.13. The lowest BCUT2D eigenvalue weighted by Gasteiger charge is -2.20. The highest BCUT2D eigenvalue weighted by atomic mass is 15.1. The highest BCUT2D eigenvalue weighted by molar-refractivity contribution is 5.44. The van der Waals surface area contributed by atoms with Gasteiger partial charge < -0.3 is 10.2 Å². The summed E-state index contributed by atoms with van der Waals surface area (Å²) in [7, 11) is 0. The quantitative estimate of drug-likeness (QED) is 0.740. The minimum Gasteiger partial charge on any atom is -0.384 e. The van der Waals surface area contributed by atoms with Gasteiger partial charge in [0.25, 0.3) is 0 Å². The summed E-state index contributed by atoms with van der Waals surface area (Å²) in [6.07, 6.45) is 2.58. The number of unbranched alkanes of at least 4 members (excludes halogenated alkanes) is 1. The van der Waals surface area contributed by atoms with Crippen molar-refractivity contribution in [1.29, 1.82) is 0 Å². The fraction of sp³-hybridized carbons (Fsp3) is 0.600. The monoisotopic (exact) mass is 234 g/mol. The Hall–Kier alpha value is -1.02. The summed E-state index contributed by atoms with van der Waals surface area (Å²) >= 11 is 0. The highest BCUT2D eigenvalue weighted by Crippen LogP contribution is 2.08. The SMILES string of the molecule is CCCCN(CC)CCNc1ccc(C)cc1. The van der Waals surface area contributed by atoms with Crippen LogP contribution >= 0.6 is 0 Å². The molecule has 0 amide bonds. The van der Waals surface area contributed by atoms with E-state index in [-0.39, 0.29) is 0 Å². The zero-order valence-electron chi connectivity index (χ0n) is 11.5. The van der Waals surface area contributed by atoms with Crippen molar-refractivity contribution in [2.75, 3.05) is 31.5 Å². The Kier molecular flexibility index (Phi) is 6.71. The molecule has 0 aliphatic carbocycles. The normalized spacial score (nSPS) is 10.8. The average Bonchev–Trinajstić information content (AvgIpc) is 2.36. The van der Waals surface area contributed by atoms with Gasteiger partial charge >= 0.3 is 0 Å². The second-order valence-corrected chi connectivity index (χ2v) is 4.58. The van der Waals surface area contributed by atoms with Crippen molar-refractivity contribution >= 4 is 5.69 Å². The molecule has 0 spiro atoms. The van der Waals surface area contributed by atoms with E-state index in [4.69, 9.17) is 0 Å². The molecule has 1 aromatic carbocycles. The first-order chi connectivity index (χ1) is 8.26. The minimum atomic E-state index is 1.03. The van der Waals surface area contributed by atoms with Crippen LogP contribution in [0.15, 0.2) is 24.3 Å². The maximum absolute atomic E-state index is 3.47. The van der Waals surface area contributed by atoms with Gasteiger partial charge in [-0.15, -0.1) is 0 Å². The zero-order valence-corrected chi connectivity index (χ0v) is 11.5. The van der Waals surface area contributed by atoms with E-state index in [1.165, 1.54) is 30.6 Å². The number of hydrogen-bond acceptors (Lipinski definition) is 2. The molecule has 1 N–H and O–H groups in total. The van der Waals surface area contributed by atoms with Crippen molar-refractivity contribution in [3.63, 3.8) is 0 Å². The van der Waals surface area contributed by atoms with Gasteiger partial charge in [0.2, 0.25) is 0 Å². The molecule has 0 aliphatic rings. The van der Waals surface area contributed by atoms with Crippen LogP contribution in [0.4, 0.5) is 5.69 Å². The Bertz CT molecular complexity index is 292. The molecule has 0 radical (unpaired) electrons. The first-order valence-electron chi connectivity index (χ1n) is 6.79. The molecule has 1 aromatic rings. The lowest BCUT2D eigenvalue weighted by molar-refractivity contribution is 0.294. The standard InChI is InChI=1S/C15H26N2/c1-4-6-12-17(5-2)13-11-16-15-9-7-14(3)8-10-15/h7-10,16H,4-6,11-13H2,1-3H3. The van der Waals surface area contributed by atoms with Crippen molar-refractivity contribution in [1.82, 2.24) is 4.90 Å². The third kappa shape index (κ3) is 5.73. The van der Waals surface area contributed by atoms with Crippen LogP contribution < -0.4 is 5.32 Å². The highest BCUT2D eigenvalue weighted by Gasteiger charge is 2.00. The summed E-state index contributed by atoms with van der Waals surface area (Å²) in [4.78, 5) is 2.50. The van der Waals surface area contributed by atoms with Crippen molar-refractivity contribution in [2.24, 2.45) is 0 Å². The van der Waals surface area contributed by atoms with Crippen molar-refractivity contribution in [2.45, 2.75) is 33.6 Å². The van der Waals surface area contributed by atoms with E-state index in [1.807, 2.05) is 0 Å². The number of aryl methyl sites for hydroxylation is 1. The maximum atomic E-state index is 3.47. The maximum Gasteiger partial charge on any atom is 0.0340 e. The van der Waals surface area contributed by atoms with E-state index >= 15 is 0 Å². The van der Waals surface area contributed by atoms with Gasteiger partial charge in [-0.05, 0) is 38.6 Å². The van der Waals surface area contributed by atoms with E-state index < -0.39 is 0 Å². The molecule has 2 heteroatoms. The molecule has 0 unspecified atom stereocenters. The molecule has 0 bridgehead atoms. The minimum absolute atomic E-state index is 1.03. The molecule has 2 nitrogen and oxygen atoms in total. The Labute approximate surface area is 106 Å². The van der Waals surface area contributed by atoms with E-state index in [2.05, 4.69) is 55.3 Å². The van der Waals surface area contributed by atoms with Gasteiger partial charge in [-0.2, -0.15) is 0 Å². The van der Waals surface area contributed by atoms with Gasteiger partial charge in [0.1, 0.15) is 0 Å². The Morgan fingerprint density at radius 3 is 2.35 bits per heavy atom. The number of nitrogens with zero attached hydrogens (tertiary/aromatic N) is 1. The molecule has 0 aromatic heterocycles. The van der Waals surface area contributed by atoms with Crippen LogP contribution in [0.25, 0.3) is 0 Å². The van der Waals surface area contributed by atoms with Crippen LogP contribution in [0.3, 0.4) is 0 Å². The molecule has 0 aliphatic heterocycles. The third-order valence-corrected chi connectivity index (χ3v) is 3.08. The zero-order chi connectivity index (χ0) is 12.5. The topological polar surface area (TPSA) is 15.3 Å². The van der Waals surface area contributed by atoms with Gasteiger partial charge in [0.15, 0.2) is 0 Å². The Morgan fingerprint density at radius 2 is 1.76 bits per heavy atom. The molecule has 1 rings (SSSR count). The Balaban J connectivity index is 2.23. The van der Waals surface area contributed by atoms with Crippen LogP contribution in [0.2, 0.25) is 0 Å². The van der Waals surface area contributed by atoms with E-state index in [1.54, 1.807) is 0 Å². The lowest BCUT2D eigenvalue weighted by Crippen LogP contribution is -2.29. The molecule has 0 fully saturated rings. The molecule has 0 saturated heterocycles. The van der Waals surface area contributed by atoms with Crippen molar-refractivity contribution < 1.29 is 0 Å². The largest absolute Gasteiger partial charge is 0.384 e. The number of rotatable bonds is 8. The molecule has 0 saturated carbocycles. The number of benzene rings is 1. The van der Waals surface area contributed by atoms with E-state index in [9.17, 15) is 0 Å². The van der Waals surface area contributed by atoms with Crippen LogP contribution in [0.5, 0.6) is 0 Å². The smallest absolute Gasteiger partial charge is 0.0340 e. The summed E-state index contributed by atoms with van der Waals surface area (Å²) in [5.41, 5.74) is 2.54. The number of likely N-dealkylation sites (N-methyl/N-ethyl adjacent to an activating group) is 1. The number of nitrogens with one attached hydrogen (secondary N) is 1. The van der Waals surface area contributed by atoms with E-state index in [0.717, 1.165) is 19.6 Å². The second-order valence-electron chi connectivity index (χ2n) is 4.58.